The van der Waals surface area contributed by atoms with Gasteiger partial charge in [0.1, 0.15) is 0 Å². The number of rotatable bonds is 2. The predicted octanol–water partition coefficient (Wildman–Crippen LogP) is 3.00. The van der Waals surface area contributed by atoms with Gasteiger partial charge in [-0.25, -0.2) is 0 Å². The molecule has 0 radical (unpaired) electrons. The third-order valence-electron chi connectivity index (χ3n) is 1.88. The van der Waals surface area contributed by atoms with Gasteiger partial charge in [-0.05, 0) is 38.9 Å². The molecule has 0 N–H and O–H groups in total. The Morgan fingerprint density at radius 1 is 1.27 bits per heavy atom. The fourth-order valence-corrected chi connectivity index (χ4v) is 3.08. The highest BCUT2D eigenvalue weighted by atomic mass is 35.5. The van der Waals surface area contributed by atoms with Crippen molar-refractivity contribution in [2.24, 2.45) is 0 Å². The van der Waals surface area contributed by atoms with E-state index in [4.69, 9.17) is 16.0 Å². The number of halogens is 1. The van der Waals surface area contributed by atoms with Gasteiger partial charge in [-0.15, -0.1) is 11.6 Å². The van der Waals surface area contributed by atoms with Crippen molar-refractivity contribution in [2.75, 3.05) is 0 Å². The molecule has 1 aliphatic rings. The summed E-state index contributed by atoms with van der Waals surface area (Å²) in [6.07, 6.45) is 3.89. The van der Waals surface area contributed by atoms with Gasteiger partial charge >= 0.3 is 0 Å². The van der Waals surface area contributed by atoms with Gasteiger partial charge < -0.3 is 4.43 Å². The first kappa shape index (κ1) is 9.55. The molecule has 1 aliphatic carbocycles. The third kappa shape index (κ3) is 3.14. The van der Waals surface area contributed by atoms with Crippen LogP contribution >= 0.6 is 11.6 Å². The van der Waals surface area contributed by atoms with Crippen molar-refractivity contribution in [2.45, 2.75) is 50.4 Å². The molecular weight excluding hydrogens is 176 g/mol. The molecule has 1 rings (SSSR count). The summed E-state index contributed by atoms with van der Waals surface area (Å²) < 4.78 is 5.92. The lowest BCUT2D eigenvalue weighted by Gasteiger charge is -2.24. The first-order valence-corrected chi connectivity index (χ1v) is 8.15. The molecule has 2 atom stereocenters. The summed E-state index contributed by atoms with van der Waals surface area (Å²) in [6.45, 7) is 6.65. The first-order valence-electron chi connectivity index (χ1n) is 4.31. The Morgan fingerprint density at radius 2 is 1.91 bits per heavy atom. The van der Waals surface area contributed by atoms with Crippen molar-refractivity contribution in [3.05, 3.63) is 0 Å². The summed E-state index contributed by atoms with van der Waals surface area (Å²) in [7, 11) is -1.35. The SMILES string of the molecule is C[Si](C)(C)O[C@H]1CCC[C@@H]1Cl. The Hall–Kier alpha value is 0.467. The smallest absolute Gasteiger partial charge is 0.184 e. The molecule has 0 aromatic heterocycles. The molecule has 1 saturated carbocycles. The highest BCUT2D eigenvalue weighted by molar-refractivity contribution is 6.69. The summed E-state index contributed by atoms with van der Waals surface area (Å²) >= 11 is 6.08. The van der Waals surface area contributed by atoms with Gasteiger partial charge in [0.2, 0.25) is 0 Å². The van der Waals surface area contributed by atoms with Gasteiger partial charge in [0.05, 0.1) is 11.5 Å². The minimum absolute atomic E-state index is 0.279. The minimum Gasteiger partial charge on any atom is -0.413 e. The van der Waals surface area contributed by atoms with Crippen molar-refractivity contribution < 1.29 is 4.43 Å². The Morgan fingerprint density at radius 3 is 2.27 bits per heavy atom. The van der Waals surface area contributed by atoms with Crippen LogP contribution in [0.5, 0.6) is 0 Å². The van der Waals surface area contributed by atoms with Crippen LogP contribution < -0.4 is 0 Å². The lowest BCUT2D eigenvalue weighted by Crippen LogP contribution is -2.34. The summed E-state index contributed by atoms with van der Waals surface area (Å²) in [5.74, 6) is 0. The van der Waals surface area contributed by atoms with Crippen molar-refractivity contribution in [3.8, 4) is 0 Å². The highest BCUT2D eigenvalue weighted by Crippen LogP contribution is 2.28. The average Bonchev–Trinajstić information content (AvgIpc) is 2.12. The summed E-state index contributed by atoms with van der Waals surface area (Å²) in [5.41, 5.74) is 0. The topological polar surface area (TPSA) is 9.23 Å². The van der Waals surface area contributed by atoms with Crippen LogP contribution in [0.3, 0.4) is 0 Å². The zero-order chi connectivity index (χ0) is 8.48. The Bertz CT molecular complexity index is 133. The average molecular weight is 193 g/mol. The van der Waals surface area contributed by atoms with Crippen LogP contribution in [0.15, 0.2) is 0 Å². The van der Waals surface area contributed by atoms with Crippen LogP contribution in [0, 0.1) is 0 Å². The predicted molar refractivity (Wildman–Crippen MR) is 51.7 cm³/mol. The van der Waals surface area contributed by atoms with E-state index in [1.807, 2.05) is 0 Å². The second-order valence-electron chi connectivity index (χ2n) is 4.22. The molecule has 0 aromatic rings. The summed E-state index contributed by atoms with van der Waals surface area (Å²) in [5, 5.41) is 0.279. The largest absolute Gasteiger partial charge is 0.413 e. The van der Waals surface area contributed by atoms with Crippen LogP contribution in [-0.4, -0.2) is 19.8 Å². The maximum Gasteiger partial charge on any atom is 0.184 e. The second kappa shape index (κ2) is 3.46. The molecule has 0 bridgehead atoms. The molecule has 1 nitrogen and oxygen atoms in total. The molecule has 1 fully saturated rings. The van der Waals surface area contributed by atoms with Crippen LogP contribution in [0.25, 0.3) is 0 Å². The van der Waals surface area contributed by atoms with E-state index in [-0.39, 0.29) is 5.38 Å². The van der Waals surface area contributed by atoms with E-state index in [1.165, 1.54) is 12.8 Å². The molecule has 0 aliphatic heterocycles. The molecule has 0 heterocycles. The molecular formula is C8H17ClOSi. The fourth-order valence-electron chi connectivity index (χ4n) is 1.47. The molecule has 0 unspecified atom stereocenters. The molecule has 3 heteroatoms. The van der Waals surface area contributed by atoms with Crippen LogP contribution in [-0.2, 0) is 4.43 Å². The maximum atomic E-state index is 6.08. The number of hydrogen-bond acceptors (Lipinski definition) is 1. The number of hydrogen-bond donors (Lipinski definition) is 0. The molecule has 0 amide bonds. The Kier molecular flexibility index (Phi) is 3.00. The van der Waals surface area contributed by atoms with Crippen LogP contribution in [0.4, 0.5) is 0 Å². The van der Waals surface area contributed by atoms with E-state index < -0.39 is 8.32 Å². The summed E-state index contributed by atoms with van der Waals surface area (Å²) in [4.78, 5) is 0. The monoisotopic (exact) mass is 192 g/mol. The van der Waals surface area contributed by atoms with Crippen molar-refractivity contribution in [1.29, 1.82) is 0 Å². The normalized spacial score (nSPS) is 32.7. The minimum atomic E-state index is -1.35. The second-order valence-corrected chi connectivity index (χ2v) is 9.24. The lowest BCUT2D eigenvalue weighted by molar-refractivity contribution is 0.205. The van der Waals surface area contributed by atoms with E-state index in [0.717, 1.165) is 6.42 Å². The molecule has 66 valence electrons. The zero-order valence-electron chi connectivity index (χ0n) is 7.56. The zero-order valence-corrected chi connectivity index (χ0v) is 9.32. The van der Waals surface area contributed by atoms with E-state index in [2.05, 4.69) is 19.6 Å². The molecule has 11 heavy (non-hydrogen) atoms. The van der Waals surface area contributed by atoms with Gasteiger partial charge in [0, 0.05) is 0 Å². The van der Waals surface area contributed by atoms with Crippen molar-refractivity contribution in [1.82, 2.24) is 0 Å². The van der Waals surface area contributed by atoms with Crippen LogP contribution in [0.1, 0.15) is 19.3 Å². The van der Waals surface area contributed by atoms with E-state index >= 15 is 0 Å². The fraction of sp³-hybridized carbons (Fsp3) is 1.00. The van der Waals surface area contributed by atoms with Gasteiger partial charge in [0.15, 0.2) is 8.32 Å². The van der Waals surface area contributed by atoms with Gasteiger partial charge in [-0.3, -0.25) is 0 Å². The maximum absolute atomic E-state index is 6.08. The standard InChI is InChI=1S/C8H17ClOSi/c1-11(2,3)10-8-6-4-5-7(8)9/h7-8H,4-6H2,1-3H3/t7-,8-/m0/s1. The van der Waals surface area contributed by atoms with Gasteiger partial charge in [0.25, 0.3) is 0 Å². The van der Waals surface area contributed by atoms with Gasteiger partial charge in [-0.2, -0.15) is 0 Å². The third-order valence-corrected chi connectivity index (χ3v) is 3.39. The van der Waals surface area contributed by atoms with Crippen LogP contribution in [0.2, 0.25) is 19.6 Å². The van der Waals surface area contributed by atoms with E-state index in [0.29, 0.717) is 6.10 Å². The Labute approximate surface area is 75.2 Å². The highest BCUT2D eigenvalue weighted by Gasteiger charge is 2.30. The summed E-state index contributed by atoms with van der Waals surface area (Å²) in [6, 6.07) is 0. The molecule has 0 aromatic carbocycles. The van der Waals surface area contributed by atoms with E-state index in [9.17, 15) is 0 Å². The first-order chi connectivity index (χ1) is 4.99. The van der Waals surface area contributed by atoms with E-state index in [1.54, 1.807) is 0 Å². The Balaban J connectivity index is 2.37. The number of alkyl halides is 1. The van der Waals surface area contributed by atoms with Crippen molar-refractivity contribution in [3.63, 3.8) is 0 Å². The molecule has 0 saturated heterocycles. The van der Waals surface area contributed by atoms with Crippen molar-refractivity contribution >= 4 is 19.9 Å². The quantitative estimate of drug-likeness (QED) is 0.483. The lowest BCUT2D eigenvalue weighted by atomic mass is 10.3. The molecule has 0 spiro atoms. The van der Waals surface area contributed by atoms with Gasteiger partial charge in [-0.1, -0.05) is 0 Å².